The number of hydrogen-bond acceptors (Lipinski definition) is 2. The highest BCUT2D eigenvalue weighted by molar-refractivity contribution is 9.10. The zero-order valence-corrected chi connectivity index (χ0v) is 11.7. The van der Waals surface area contributed by atoms with E-state index in [1.807, 2.05) is 61.7 Å². The maximum absolute atomic E-state index is 5.38. The van der Waals surface area contributed by atoms with Crippen LogP contribution in [0.3, 0.4) is 0 Å². The van der Waals surface area contributed by atoms with Crippen molar-refractivity contribution in [3.05, 3.63) is 58.6 Å². The zero-order chi connectivity index (χ0) is 12.8. The minimum Gasteiger partial charge on any atom is -0.494 e. The van der Waals surface area contributed by atoms with Crippen LogP contribution in [0.25, 0.3) is 0 Å². The van der Waals surface area contributed by atoms with Gasteiger partial charge in [0.05, 0.1) is 12.3 Å². The van der Waals surface area contributed by atoms with Gasteiger partial charge in [0, 0.05) is 10.7 Å². The van der Waals surface area contributed by atoms with Gasteiger partial charge < -0.3 is 4.74 Å². The molecule has 0 unspecified atom stereocenters. The number of halogens is 1. The number of aliphatic imine (C=N–C) groups is 1. The third kappa shape index (κ3) is 3.70. The molecular weight excluding hydrogens is 290 g/mol. The van der Waals surface area contributed by atoms with E-state index in [0.29, 0.717) is 6.61 Å². The minimum atomic E-state index is 0.682. The SMILES string of the molecule is CCOc1ccc(N=Cc2ccc(Br)cc2)cc1. The third-order valence-corrected chi connectivity index (χ3v) is 2.91. The summed E-state index contributed by atoms with van der Waals surface area (Å²) in [6.07, 6.45) is 1.85. The van der Waals surface area contributed by atoms with E-state index in [1.54, 1.807) is 0 Å². The van der Waals surface area contributed by atoms with Gasteiger partial charge in [-0.3, -0.25) is 4.99 Å². The lowest BCUT2D eigenvalue weighted by atomic mass is 10.2. The molecular formula is C15H14BrNO. The molecule has 0 aliphatic rings. The monoisotopic (exact) mass is 303 g/mol. The molecule has 0 aliphatic heterocycles. The molecule has 92 valence electrons. The van der Waals surface area contributed by atoms with Crippen LogP contribution in [0.2, 0.25) is 0 Å². The summed E-state index contributed by atoms with van der Waals surface area (Å²) < 4.78 is 6.45. The lowest BCUT2D eigenvalue weighted by Crippen LogP contribution is -1.89. The lowest BCUT2D eigenvalue weighted by Gasteiger charge is -2.02. The molecule has 0 amide bonds. The fourth-order valence-corrected chi connectivity index (χ4v) is 1.76. The Morgan fingerprint density at radius 1 is 1.06 bits per heavy atom. The minimum absolute atomic E-state index is 0.682. The van der Waals surface area contributed by atoms with Gasteiger partial charge in [0.25, 0.3) is 0 Å². The summed E-state index contributed by atoms with van der Waals surface area (Å²) in [4.78, 5) is 4.41. The molecule has 0 bridgehead atoms. The van der Waals surface area contributed by atoms with Gasteiger partial charge in [-0.25, -0.2) is 0 Å². The Kier molecular flexibility index (Phi) is 4.53. The van der Waals surface area contributed by atoms with E-state index >= 15 is 0 Å². The van der Waals surface area contributed by atoms with Crippen LogP contribution < -0.4 is 4.74 Å². The summed E-state index contributed by atoms with van der Waals surface area (Å²) in [5.41, 5.74) is 1.99. The molecule has 0 radical (unpaired) electrons. The van der Waals surface area contributed by atoms with Crippen LogP contribution in [-0.4, -0.2) is 12.8 Å². The van der Waals surface area contributed by atoms with Crippen LogP contribution in [0.1, 0.15) is 12.5 Å². The Morgan fingerprint density at radius 3 is 2.33 bits per heavy atom. The molecule has 0 N–H and O–H groups in total. The van der Waals surface area contributed by atoms with Crippen molar-refractivity contribution in [1.82, 2.24) is 0 Å². The van der Waals surface area contributed by atoms with E-state index in [1.165, 1.54) is 0 Å². The molecule has 0 aromatic heterocycles. The molecule has 2 nitrogen and oxygen atoms in total. The number of hydrogen-bond donors (Lipinski definition) is 0. The van der Waals surface area contributed by atoms with Gasteiger partial charge in [-0.05, 0) is 48.9 Å². The number of rotatable bonds is 4. The van der Waals surface area contributed by atoms with Crippen LogP contribution in [0.15, 0.2) is 58.0 Å². The summed E-state index contributed by atoms with van der Waals surface area (Å²) in [5, 5.41) is 0. The fraction of sp³-hybridized carbons (Fsp3) is 0.133. The van der Waals surface area contributed by atoms with E-state index in [4.69, 9.17) is 4.74 Å². The van der Waals surface area contributed by atoms with Gasteiger partial charge in [0.1, 0.15) is 5.75 Å². The summed E-state index contributed by atoms with van der Waals surface area (Å²) >= 11 is 3.41. The van der Waals surface area contributed by atoms with E-state index in [0.717, 1.165) is 21.5 Å². The van der Waals surface area contributed by atoms with E-state index in [9.17, 15) is 0 Å². The van der Waals surface area contributed by atoms with Crippen LogP contribution in [-0.2, 0) is 0 Å². The highest BCUT2D eigenvalue weighted by Gasteiger charge is 1.93. The van der Waals surface area contributed by atoms with Gasteiger partial charge in [0.15, 0.2) is 0 Å². The van der Waals surface area contributed by atoms with Gasteiger partial charge in [-0.2, -0.15) is 0 Å². The van der Waals surface area contributed by atoms with E-state index in [-0.39, 0.29) is 0 Å². The van der Waals surface area contributed by atoms with Crippen LogP contribution in [0, 0.1) is 0 Å². The molecule has 0 aliphatic carbocycles. The zero-order valence-electron chi connectivity index (χ0n) is 10.1. The first kappa shape index (κ1) is 12.8. The molecule has 2 rings (SSSR count). The van der Waals surface area contributed by atoms with Crippen molar-refractivity contribution in [1.29, 1.82) is 0 Å². The van der Waals surface area contributed by atoms with Crippen molar-refractivity contribution in [3.8, 4) is 5.75 Å². The second-order valence-corrected chi connectivity index (χ2v) is 4.65. The summed E-state index contributed by atoms with van der Waals surface area (Å²) in [7, 11) is 0. The van der Waals surface area contributed by atoms with Gasteiger partial charge in [-0.15, -0.1) is 0 Å². The Hall–Kier alpha value is -1.61. The highest BCUT2D eigenvalue weighted by atomic mass is 79.9. The Morgan fingerprint density at radius 2 is 1.72 bits per heavy atom. The van der Waals surface area contributed by atoms with Crippen LogP contribution in [0.5, 0.6) is 5.75 Å². The molecule has 0 fully saturated rings. The van der Waals surface area contributed by atoms with Crippen LogP contribution in [0.4, 0.5) is 5.69 Å². The molecule has 18 heavy (non-hydrogen) atoms. The quantitative estimate of drug-likeness (QED) is 0.757. The average Bonchev–Trinajstić information content (AvgIpc) is 2.40. The first-order valence-electron chi connectivity index (χ1n) is 5.80. The van der Waals surface area contributed by atoms with Gasteiger partial charge in [0.2, 0.25) is 0 Å². The predicted molar refractivity (Wildman–Crippen MR) is 79.0 cm³/mol. The molecule has 0 saturated heterocycles. The second-order valence-electron chi connectivity index (χ2n) is 3.74. The topological polar surface area (TPSA) is 21.6 Å². The van der Waals surface area contributed by atoms with Crippen molar-refractivity contribution in [3.63, 3.8) is 0 Å². The molecule has 2 aromatic carbocycles. The second kappa shape index (κ2) is 6.36. The lowest BCUT2D eigenvalue weighted by molar-refractivity contribution is 0.340. The molecule has 0 heterocycles. The predicted octanol–water partition coefficient (Wildman–Crippen LogP) is 4.60. The molecule has 0 spiro atoms. The number of ether oxygens (including phenoxy) is 1. The molecule has 0 saturated carbocycles. The Balaban J connectivity index is 2.06. The highest BCUT2D eigenvalue weighted by Crippen LogP contribution is 2.18. The molecule has 0 atom stereocenters. The normalized spacial score (nSPS) is 10.8. The van der Waals surface area contributed by atoms with Crippen molar-refractivity contribution in [2.75, 3.05) is 6.61 Å². The maximum Gasteiger partial charge on any atom is 0.119 e. The first-order chi connectivity index (χ1) is 8.78. The number of benzene rings is 2. The Bertz CT molecular complexity index is 517. The van der Waals surface area contributed by atoms with Crippen molar-refractivity contribution in [2.45, 2.75) is 6.92 Å². The molecule has 2 aromatic rings. The first-order valence-corrected chi connectivity index (χ1v) is 6.60. The van der Waals surface area contributed by atoms with Crippen LogP contribution >= 0.6 is 15.9 Å². The summed E-state index contributed by atoms with van der Waals surface area (Å²) in [5.74, 6) is 0.875. The average molecular weight is 304 g/mol. The smallest absolute Gasteiger partial charge is 0.119 e. The van der Waals surface area contributed by atoms with Crippen molar-refractivity contribution < 1.29 is 4.74 Å². The maximum atomic E-state index is 5.38. The largest absolute Gasteiger partial charge is 0.494 e. The van der Waals surface area contributed by atoms with Gasteiger partial charge >= 0.3 is 0 Å². The fourth-order valence-electron chi connectivity index (χ4n) is 1.49. The third-order valence-electron chi connectivity index (χ3n) is 2.38. The van der Waals surface area contributed by atoms with Crippen molar-refractivity contribution >= 4 is 27.8 Å². The van der Waals surface area contributed by atoms with Crippen molar-refractivity contribution in [2.24, 2.45) is 4.99 Å². The standard InChI is InChI=1S/C15H14BrNO/c1-2-18-15-9-7-14(8-10-15)17-11-12-3-5-13(16)6-4-12/h3-11H,2H2,1H3. The summed E-state index contributed by atoms with van der Waals surface area (Å²) in [6.45, 7) is 2.65. The van der Waals surface area contributed by atoms with E-state index < -0.39 is 0 Å². The molecule has 3 heteroatoms. The Labute approximate surface area is 115 Å². The number of nitrogens with zero attached hydrogens (tertiary/aromatic N) is 1. The van der Waals surface area contributed by atoms with E-state index in [2.05, 4.69) is 20.9 Å². The summed E-state index contributed by atoms with van der Waals surface area (Å²) in [6, 6.07) is 15.8. The van der Waals surface area contributed by atoms with Gasteiger partial charge in [-0.1, -0.05) is 28.1 Å².